The maximum atomic E-state index is 13.2. The Hall–Kier alpha value is -4.88. The highest BCUT2D eigenvalue weighted by Gasteiger charge is 2.30. The Morgan fingerprint density at radius 3 is 2.34 bits per heavy atom. The largest absolute Gasteiger partial charge is 0.416 e. The number of nitrogens with zero attached hydrogens (tertiary/aromatic N) is 1. The molecule has 3 N–H and O–H groups in total. The van der Waals surface area contributed by atoms with Gasteiger partial charge >= 0.3 is 12.2 Å². The summed E-state index contributed by atoms with van der Waals surface area (Å²) >= 11 is 0. The van der Waals surface area contributed by atoms with E-state index < -0.39 is 23.9 Å². The Balaban J connectivity index is 1.40. The van der Waals surface area contributed by atoms with E-state index in [1.807, 2.05) is 54.6 Å². The zero-order chi connectivity index (χ0) is 30.6. The smallest absolute Gasteiger partial charge is 0.388 e. The van der Waals surface area contributed by atoms with Crippen molar-refractivity contribution >= 4 is 38.8 Å². The number of anilines is 1. The molecule has 4 nitrogen and oxygen atoms in total. The highest BCUT2D eigenvalue weighted by atomic mass is 19.4. The molecule has 2 aliphatic carbocycles. The zero-order valence-electron chi connectivity index (χ0n) is 23.7. The molecule has 1 unspecified atom stereocenters. The highest BCUT2D eigenvalue weighted by molar-refractivity contribution is 6.12. The third kappa shape index (κ3) is 4.74. The summed E-state index contributed by atoms with van der Waals surface area (Å²) in [6, 6.07) is 26.1. The number of rotatable bonds is 4. The van der Waals surface area contributed by atoms with E-state index in [2.05, 4.69) is 24.3 Å². The molecule has 7 heteroatoms. The number of hydrogen-bond acceptors (Lipinski definition) is 2. The van der Waals surface area contributed by atoms with Crippen LogP contribution in [0, 0.1) is 0 Å². The molecular formula is C37H29F3N2O2. The fourth-order valence-corrected chi connectivity index (χ4v) is 6.76. The number of allylic oxidation sites excluding steroid dienone is 2. The number of halogens is 3. The second kappa shape index (κ2) is 10.7. The van der Waals surface area contributed by atoms with Gasteiger partial charge in [-0.15, -0.1) is 0 Å². The van der Waals surface area contributed by atoms with Crippen LogP contribution in [0.25, 0.3) is 38.2 Å². The first kappa shape index (κ1) is 27.9. The van der Waals surface area contributed by atoms with E-state index in [4.69, 9.17) is 5.73 Å². The van der Waals surface area contributed by atoms with Crippen LogP contribution in [0.5, 0.6) is 0 Å². The summed E-state index contributed by atoms with van der Waals surface area (Å²) in [5.41, 5.74) is 12.6. The molecule has 220 valence electrons. The van der Waals surface area contributed by atoms with Gasteiger partial charge in [0, 0.05) is 10.9 Å². The van der Waals surface area contributed by atoms with E-state index in [1.165, 1.54) is 22.6 Å². The van der Waals surface area contributed by atoms with Gasteiger partial charge in [0.1, 0.15) is 0 Å². The van der Waals surface area contributed by atoms with Crippen LogP contribution >= 0.6 is 0 Å². The van der Waals surface area contributed by atoms with Crippen molar-refractivity contribution in [3.05, 3.63) is 131 Å². The summed E-state index contributed by atoms with van der Waals surface area (Å²) < 4.78 is 39.7. The van der Waals surface area contributed by atoms with Crippen molar-refractivity contribution in [1.29, 1.82) is 0 Å². The van der Waals surface area contributed by atoms with Crippen molar-refractivity contribution < 1.29 is 23.1 Å². The minimum atomic E-state index is -4.45. The number of aryl methyl sites for hydroxylation is 1. The van der Waals surface area contributed by atoms with Crippen molar-refractivity contribution in [2.45, 2.75) is 38.1 Å². The van der Waals surface area contributed by atoms with E-state index in [1.54, 1.807) is 0 Å². The maximum absolute atomic E-state index is 13.2. The molecule has 0 aromatic heterocycles. The van der Waals surface area contributed by atoms with Gasteiger partial charge in [0.05, 0.1) is 23.9 Å². The Kier molecular flexibility index (Phi) is 6.78. The molecule has 2 amide bonds. The van der Waals surface area contributed by atoms with Crippen LogP contribution < -0.4 is 10.6 Å². The fourth-order valence-electron chi connectivity index (χ4n) is 6.76. The number of urea groups is 1. The number of fused-ring (bicyclic) bond motifs is 5. The normalized spacial score (nSPS) is 16.2. The molecule has 0 bridgehead atoms. The first-order valence-electron chi connectivity index (χ1n) is 14.6. The summed E-state index contributed by atoms with van der Waals surface area (Å²) in [5, 5.41) is 14.4. The molecule has 7 rings (SSSR count). The molecule has 44 heavy (non-hydrogen) atoms. The standard InChI is InChI=1S/C37H29F3N2O2/c38-37(39,40)24-14-11-22(12-15-24)21-42(36(41)44)35-25-6-2-1-5-23(25)13-16-33(35)28-8-3-7-26-29(28)17-18-31-27-9-4-10-34(43)32(27)20-19-30(26)31/h1-9,11-18,34,43H,10,19-21H2,(H2,41,44). The SMILES string of the molecule is NC(=O)N(Cc1ccc(C(F)(F)F)cc1)c1c(-c2cccc3c4c(ccc23)C2=C(CC4)C(O)CC=C2)ccc2ccccc12. The van der Waals surface area contributed by atoms with Crippen LogP contribution in [0.4, 0.5) is 23.7 Å². The Labute approximate surface area is 252 Å². The third-order valence-corrected chi connectivity index (χ3v) is 8.85. The van der Waals surface area contributed by atoms with Gasteiger partial charge in [0.15, 0.2) is 0 Å². The van der Waals surface area contributed by atoms with E-state index >= 15 is 0 Å². The van der Waals surface area contributed by atoms with Crippen molar-refractivity contribution in [3.63, 3.8) is 0 Å². The van der Waals surface area contributed by atoms with E-state index in [9.17, 15) is 23.1 Å². The van der Waals surface area contributed by atoms with Crippen molar-refractivity contribution in [1.82, 2.24) is 0 Å². The van der Waals surface area contributed by atoms with Crippen LogP contribution in [-0.4, -0.2) is 17.2 Å². The molecule has 0 saturated carbocycles. The molecule has 2 aliphatic rings. The summed E-state index contributed by atoms with van der Waals surface area (Å²) in [5.74, 6) is 0. The monoisotopic (exact) mass is 590 g/mol. The van der Waals surface area contributed by atoms with E-state index in [0.717, 1.165) is 74.4 Å². The van der Waals surface area contributed by atoms with Gasteiger partial charge in [0.25, 0.3) is 0 Å². The number of hydrogen-bond donors (Lipinski definition) is 2. The number of aliphatic hydroxyl groups is 1. The number of benzene rings is 5. The Morgan fingerprint density at radius 1 is 0.818 bits per heavy atom. The number of nitrogens with two attached hydrogens (primary N) is 1. The first-order valence-corrected chi connectivity index (χ1v) is 14.6. The number of aliphatic hydroxyl groups excluding tert-OH is 1. The van der Waals surface area contributed by atoms with Crippen LogP contribution in [0.15, 0.2) is 109 Å². The minimum absolute atomic E-state index is 0.000233. The Bertz CT molecular complexity index is 2010. The zero-order valence-corrected chi connectivity index (χ0v) is 23.7. The summed E-state index contributed by atoms with van der Waals surface area (Å²) in [7, 11) is 0. The van der Waals surface area contributed by atoms with E-state index in [-0.39, 0.29) is 6.54 Å². The predicted molar refractivity (Wildman–Crippen MR) is 169 cm³/mol. The van der Waals surface area contributed by atoms with Crippen LogP contribution in [-0.2, 0) is 19.1 Å². The van der Waals surface area contributed by atoms with Crippen LogP contribution in [0.1, 0.15) is 35.1 Å². The van der Waals surface area contributed by atoms with Crippen LogP contribution in [0.2, 0.25) is 0 Å². The third-order valence-electron chi connectivity index (χ3n) is 8.85. The number of alkyl halides is 3. The van der Waals surface area contributed by atoms with Crippen molar-refractivity contribution in [2.24, 2.45) is 5.73 Å². The number of carbonyl (C=O) groups is 1. The molecule has 0 saturated heterocycles. The first-order chi connectivity index (χ1) is 21.2. The number of amides is 2. The molecule has 0 heterocycles. The molecule has 0 spiro atoms. The summed E-state index contributed by atoms with van der Waals surface area (Å²) in [6.45, 7) is 0.000233. The average molecular weight is 591 g/mol. The van der Waals surface area contributed by atoms with Crippen LogP contribution in [0.3, 0.4) is 0 Å². The quantitative estimate of drug-likeness (QED) is 0.220. The van der Waals surface area contributed by atoms with Crippen molar-refractivity contribution in [3.8, 4) is 11.1 Å². The summed E-state index contributed by atoms with van der Waals surface area (Å²) in [6.07, 6.45) is 1.48. The maximum Gasteiger partial charge on any atom is 0.416 e. The van der Waals surface area contributed by atoms with Gasteiger partial charge in [-0.1, -0.05) is 91.0 Å². The molecule has 1 atom stereocenters. The van der Waals surface area contributed by atoms with E-state index in [0.29, 0.717) is 17.7 Å². The number of primary amides is 1. The second-order valence-corrected chi connectivity index (χ2v) is 11.4. The van der Waals surface area contributed by atoms with Gasteiger partial charge in [-0.05, 0) is 81.0 Å². The van der Waals surface area contributed by atoms with Gasteiger partial charge < -0.3 is 10.8 Å². The van der Waals surface area contributed by atoms with Gasteiger partial charge in [-0.2, -0.15) is 13.2 Å². The molecule has 0 aliphatic heterocycles. The molecule has 5 aromatic carbocycles. The molecule has 0 radical (unpaired) electrons. The summed E-state index contributed by atoms with van der Waals surface area (Å²) in [4.78, 5) is 14.6. The topological polar surface area (TPSA) is 66.6 Å². The molecular weight excluding hydrogens is 561 g/mol. The van der Waals surface area contributed by atoms with Gasteiger partial charge in [-0.3, -0.25) is 4.90 Å². The average Bonchev–Trinajstić information content (AvgIpc) is 3.02. The fraction of sp³-hybridized carbons (Fsp3) is 0.162. The van der Waals surface area contributed by atoms with Crippen molar-refractivity contribution in [2.75, 3.05) is 4.90 Å². The lowest BCUT2D eigenvalue weighted by atomic mass is 9.78. The molecule has 5 aromatic rings. The lowest BCUT2D eigenvalue weighted by molar-refractivity contribution is -0.137. The lowest BCUT2D eigenvalue weighted by Crippen LogP contribution is -2.35. The highest BCUT2D eigenvalue weighted by Crippen LogP contribution is 2.45. The Morgan fingerprint density at radius 2 is 1.57 bits per heavy atom. The second-order valence-electron chi connectivity index (χ2n) is 11.4. The molecule has 0 fully saturated rings. The minimum Gasteiger partial charge on any atom is -0.388 e. The van der Waals surface area contributed by atoms with Gasteiger partial charge in [-0.25, -0.2) is 4.79 Å². The lowest BCUT2D eigenvalue weighted by Gasteiger charge is -2.29. The van der Waals surface area contributed by atoms with Gasteiger partial charge in [0.2, 0.25) is 0 Å². The number of carbonyl (C=O) groups excluding carboxylic acids is 1. The predicted octanol–water partition coefficient (Wildman–Crippen LogP) is 8.78.